The lowest BCUT2D eigenvalue weighted by Crippen LogP contribution is -2.21. The molecule has 1 aliphatic carbocycles. The number of carbonyl (C=O) groups excluding carboxylic acids is 1. The van der Waals surface area contributed by atoms with E-state index in [2.05, 4.69) is 5.32 Å². The van der Waals surface area contributed by atoms with Crippen molar-refractivity contribution in [2.24, 2.45) is 0 Å². The van der Waals surface area contributed by atoms with Gasteiger partial charge in [-0.15, -0.1) is 0 Å². The summed E-state index contributed by atoms with van der Waals surface area (Å²) in [4.78, 5) is 35.0. The second-order valence-corrected chi connectivity index (χ2v) is 7.33. The fourth-order valence-electron chi connectivity index (χ4n) is 3.31. The van der Waals surface area contributed by atoms with Crippen LogP contribution in [0.5, 0.6) is 0 Å². The molecule has 0 atom stereocenters. The summed E-state index contributed by atoms with van der Waals surface area (Å²) in [5.74, 6) is -2.34. The summed E-state index contributed by atoms with van der Waals surface area (Å²) in [6.45, 7) is 0. The van der Waals surface area contributed by atoms with E-state index in [0.29, 0.717) is 45.2 Å². The van der Waals surface area contributed by atoms with Gasteiger partial charge in [0, 0.05) is 32.9 Å². The SMILES string of the molecule is O=C(O)C(=O)Nc1ccc2c(=O)c3c(oc2c1)/C(=C/c1c(Cl)cccc1Cl)CC3. The number of rotatable bonds is 2. The second-order valence-electron chi connectivity index (χ2n) is 6.51. The van der Waals surface area contributed by atoms with Gasteiger partial charge < -0.3 is 14.8 Å². The van der Waals surface area contributed by atoms with Crippen molar-refractivity contribution in [3.05, 3.63) is 73.6 Å². The van der Waals surface area contributed by atoms with Crippen molar-refractivity contribution in [3.8, 4) is 0 Å². The molecule has 0 saturated carbocycles. The number of benzene rings is 2. The third kappa shape index (κ3) is 3.52. The largest absolute Gasteiger partial charge is 0.474 e. The summed E-state index contributed by atoms with van der Waals surface area (Å²) in [7, 11) is 0. The van der Waals surface area contributed by atoms with Gasteiger partial charge in [-0.25, -0.2) is 4.79 Å². The predicted octanol–water partition coefficient (Wildman–Crippen LogP) is 4.61. The molecule has 0 saturated heterocycles. The number of allylic oxidation sites excluding steroid dienone is 1. The number of anilines is 1. The molecule has 0 radical (unpaired) electrons. The molecule has 2 aromatic carbocycles. The first-order chi connectivity index (χ1) is 13.8. The molecule has 0 fully saturated rings. The zero-order valence-electron chi connectivity index (χ0n) is 14.8. The summed E-state index contributed by atoms with van der Waals surface area (Å²) in [5, 5.41) is 12.3. The minimum absolute atomic E-state index is 0.161. The van der Waals surface area contributed by atoms with Gasteiger partial charge in [-0.2, -0.15) is 0 Å². The standard InChI is InChI=1S/C21H13Cl2NO5/c22-15-2-1-3-16(23)14(15)8-10-4-6-13-18(25)12-7-5-11(24-20(26)21(27)28)9-17(12)29-19(10)13/h1-3,5,7-9H,4,6H2,(H,24,26)(H,27,28)/b10-8+. The molecule has 2 N–H and O–H groups in total. The van der Waals surface area contributed by atoms with Crippen molar-refractivity contribution in [1.82, 2.24) is 0 Å². The van der Waals surface area contributed by atoms with E-state index in [1.54, 1.807) is 24.3 Å². The highest BCUT2D eigenvalue weighted by Gasteiger charge is 2.25. The first-order valence-corrected chi connectivity index (χ1v) is 9.39. The van der Waals surface area contributed by atoms with Crippen LogP contribution in [0.15, 0.2) is 45.6 Å². The van der Waals surface area contributed by atoms with E-state index in [9.17, 15) is 14.4 Å². The van der Waals surface area contributed by atoms with Crippen LogP contribution in [0.25, 0.3) is 22.6 Å². The summed E-state index contributed by atoms with van der Waals surface area (Å²) in [5.41, 5.74) is 2.29. The van der Waals surface area contributed by atoms with Gasteiger partial charge in [0.15, 0.2) is 5.43 Å². The van der Waals surface area contributed by atoms with Gasteiger partial charge in [0.05, 0.1) is 5.39 Å². The molecular weight excluding hydrogens is 417 g/mol. The van der Waals surface area contributed by atoms with Crippen LogP contribution in [0.1, 0.15) is 23.3 Å². The summed E-state index contributed by atoms with van der Waals surface area (Å²) < 4.78 is 5.98. The van der Waals surface area contributed by atoms with Crippen molar-refractivity contribution in [1.29, 1.82) is 0 Å². The molecule has 0 unspecified atom stereocenters. The average Bonchev–Trinajstić information content (AvgIpc) is 3.07. The molecule has 29 heavy (non-hydrogen) atoms. The molecule has 1 aromatic heterocycles. The van der Waals surface area contributed by atoms with Gasteiger partial charge in [-0.05, 0) is 48.8 Å². The van der Waals surface area contributed by atoms with Crippen LogP contribution in [0, 0.1) is 0 Å². The van der Waals surface area contributed by atoms with Gasteiger partial charge >= 0.3 is 11.9 Å². The molecule has 1 amide bonds. The predicted molar refractivity (Wildman–Crippen MR) is 111 cm³/mol. The van der Waals surface area contributed by atoms with Gasteiger partial charge in [0.25, 0.3) is 0 Å². The highest BCUT2D eigenvalue weighted by Crippen LogP contribution is 2.37. The van der Waals surface area contributed by atoms with Crippen LogP contribution in [-0.4, -0.2) is 17.0 Å². The third-order valence-corrected chi connectivity index (χ3v) is 5.35. The van der Waals surface area contributed by atoms with E-state index in [0.717, 1.165) is 5.57 Å². The molecule has 146 valence electrons. The van der Waals surface area contributed by atoms with E-state index in [4.69, 9.17) is 32.7 Å². The first kappa shape index (κ1) is 19.2. The Hall–Kier alpha value is -3.09. The minimum Gasteiger partial charge on any atom is -0.474 e. The maximum absolute atomic E-state index is 12.9. The Morgan fingerprint density at radius 2 is 1.83 bits per heavy atom. The minimum atomic E-state index is -1.61. The summed E-state index contributed by atoms with van der Waals surface area (Å²) in [6.07, 6.45) is 2.93. The molecule has 4 rings (SSSR count). The zero-order valence-corrected chi connectivity index (χ0v) is 16.3. The van der Waals surface area contributed by atoms with E-state index >= 15 is 0 Å². The molecule has 6 nitrogen and oxygen atoms in total. The summed E-state index contributed by atoms with van der Waals surface area (Å²) in [6, 6.07) is 9.59. The number of carbonyl (C=O) groups is 2. The monoisotopic (exact) mass is 429 g/mol. The third-order valence-electron chi connectivity index (χ3n) is 4.69. The Morgan fingerprint density at radius 3 is 2.52 bits per heavy atom. The topological polar surface area (TPSA) is 96.6 Å². The average molecular weight is 430 g/mol. The number of aliphatic carboxylic acids is 1. The molecule has 0 spiro atoms. The zero-order chi connectivity index (χ0) is 20.7. The van der Waals surface area contributed by atoms with Crippen LogP contribution < -0.4 is 10.7 Å². The molecular formula is C21H13Cl2NO5. The van der Waals surface area contributed by atoms with Crippen molar-refractivity contribution >= 4 is 63.4 Å². The van der Waals surface area contributed by atoms with Crippen LogP contribution in [0.4, 0.5) is 5.69 Å². The van der Waals surface area contributed by atoms with E-state index in [1.807, 2.05) is 0 Å². The van der Waals surface area contributed by atoms with Crippen molar-refractivity contribution in [2.75, 3.05) is 5.32 Å². The Morgan fingerprint density at radius 1 is 1.10 bits per heavy atom. The number of carboxylic acid groups (broad SMARTS) is 1. The maximum Gasteiger partial charge on any atom is 0.394 e. The van der Waals surface area contributed by atoms with E-state index < -0.39 is 11.9 Å². The number of hydrogen-bond donors (Lipinski definition) is 2. The summed E-state index contributed by atoms with van der Waals surface area (Å²) >= 11 is 12.5. The fraction of sp³-hybridized carbons (Fsp3) is 0.0952. The second kappa shape index (κ2) is 7.39. The molecule has 3 aromatic rings. The number of fused-ring (bicyclic) bond motifs is 2. The quantitative estimate of drug-likeness (QED) is 0.579. The molecule has 0 aliphatic heterocycles. The molecule has 1 heterocycles. The Bertz CT molecular complexity index is 1260. The maximum atomic E-state index is 12.9. The van der Waals surface area contributed by atoms with Gasteiger partial charge in [0.1, 0.15) is 11.3 Å². The molecule has 0 bridgehead atoms. The highest BCUT2D eigenvalue weighted by molar-refractivity contribution is 6.37. The first-order valence-electron chi connectivity index (χ1n) is 8.64. The number of nitrogens with one attached hydrogen (secondary N) is 1. The van der Waals surface area contributed by atoms with Crippen LogP contribution in [-0.2, 0) is 16.0 Å². The lowest BCUT2D eigenvalue weighted by atomic mass is 10.1. The number of halogens is 2. The lowest BCUT2D eigenvalue weighted by molar-refractivity contribution is -0.147. The van der Waals surface area contributed by atoms with Gasteiger partial charge in [-0.1, -0.05) is 29.3 Å². The van der Waals surface area contributed by atoms with Crippen LogP contribution >= 0.6 is 23.2 Å². The van der Waals surface area contributed by atoms with Crippen molar-refractivity contribution < 1.29 is 19.1 Å². The Kier molecular flexibility index (Phi) is 4.90. The van der Waals surface area contributed by atoms with Crippen molar-refractivity contribution in [3.63, 3.8) is 0 Å². The van der Waals surface area contributed by atoms with Crippen LogP contribution in [0.2, 0.25) is 10.0 Å². The van der Waals surface area contributed by atoms with Crippen LogP contribution in [0.3, 0.4) is 0 Å². The van der Waals surface area contributed by atoms with Gasteiger partial charge in [-0.3, -0.25) is 9.59 Å². The number of amides is 1. The van der Waals surface area contributed by atoms with Crippen molar-refractivity contribution in [2.45, 2.75) is 12.8 Å². The number of hydrogen-bond acceptors (Lipinski definition) is 4. The van der Waals surface area contributed by atoms with Gasteiger partial charge in [0.2, 0.25) is 0 Å². The van der Waals surface area contributed by atoms with E-state index in [1.165, 1.54) is 18.2 Å². The molecule has 1 aliphatic rings. The fourth-order valence-corrected chi connectivity index (χ4v) is 3.82. The smallest absolute Gasteiger partial charge is 0.394 e. The Balaban J connectivity index is 1.83. The highest BCUT2D eigenvalue weighted by atomic mass is 35.5. The number of carboxylic acids is 1. The van der Waals surface area contributed by atoms with E-state index in [-0.39, 0.29) is 16.7 Å². The lowest BCUT2D eigenvalue weighted by Gasteiger charge is -2.07. The normalized spacial score (nSPS) is 14.2. The molecule has 8 heteroatoms. The Labute approximate surface area is 174 Å².